The number of halogens is 1. The van der Waals surface area contributed by atoms with Gasteiger partial charge in [-0.15, -0.1) is 12.4 Å². The summed E-state index contributed by atoms with van der Waals surface area (Å²) in [6, 6.07) is 3.57. The van der Waals surface area contributed by atoms with Crippen LogP contribution in [0.25, 0.3) is 5.95 Å². The van der Waals surface area contributed by atoms with Crippen LogP contribution in [0.2, 0.25) is 0 Å². The van der Waals surface area contributed by atoms with E-state index in [1.54, 1.807) is 23.1 Å². The second-order valence-corrected chi connectivity index (χ2v) is 5.62. The molecule has 1 aliphatic rings. The Morgan fingerprint density at radius 1 is 1.42 bits per heavy atom. The maximum atomic E-state index is 12.4. The number of rotatable bonds is 4. The highest BCUT2D eigenvalue weighted by molar-refractivity contribution is 5.94. The highest BCUT2D eigenvalue weighted by Gasteiger charge is 2.24. The van der Waals surface area contributed by atoms with Gasteiger partial charge in [-0.1, -0.05) is 13.8 Å². The molecule has 0 aliphatic carbocycles. The second-order valence-electron chi connectivity index (χ2n) is 5.62. The van der Waals surface area contributed by atoms with Crippen molar-refractivity contribution in [3.8, 4) is 5.95 Å². The summed E-state index contributed by atoms with van der Waals surface area (Å²) in [5.41, 5.74) is 0.857. The normalized spacial score (nSPS) is 17.4. The Morgan fingerprint density at radius 3 is 2.79 bits per heavy atom. The second kappa shape index (κ2) is 8.18. The predicted molar refractivity (Wildman–Crippen MR) is 91.7 cm³/mol. The molecular formula is C15H21ClN6O2. The molecule has 1 atom stereocenters. The molecule has 0 unspecified atom stereocenters. The summed E-state index contributed by atoms with van der Waals surface area (Å²) in [6.07, 6.45) is 2.77. The number of amides is 1. The van der Waals surface area contributed by atoms with Gasteiger partial charge in [-0.05, 0) is 12.0 Å². The van der Waals surface area contributed by atoms with Gasteiger partial charge in [0.05, 0.1) is 12.3 Å². The SMILES string of the molecule is CC(C)c1cc(NC(=O)[C@H]2CNCCO2)n(-c2ncccn2)n1.Cl. The summed E-state index contributed by atoms with van der Waals surface area (Å²) >= 11 is 0. The molecule has 2 aromatic heterocycles. The van der Waals surface area contributed by atoms with E-state index >= 15 is 0 Å². The van der Waals surface area contributed by atoms with Crippen molar-refractivity contribution >= 4 is 24.1 Å². The van der Waals surface area contributed by atoms with Crippen LogP contribution < -0.4 is 10.6 Å². The molecule has 1 saturated heterocycles. The van der Waals surface area contributed by atoms with Crippen molar-refractivity contribution in [1.82, 2.24) is 25.1 Å². The molecule has 24 heavy (non-hydrogen) atoms. The van der Waals surface area contributed by atoms with E-state index in [0.29, 0.717) is 24.9 Å². The van der Waals surface area contributed by atoms with E-state index in [1.807, 2.05) is 19.9 Å². The first-order valence-electron chi connectivity index (χ1n) is 7.65. The summed E-state index contributed by atoms with van der Waals surface area (Å²) in [5, 5.41) is 10.5. The Bertz CT molecular complexity index is 670. The number of carbonyl (C=O) groups excluding carboxylic acids is 1. The van der Waals surface area contributed by atoms with E-state index in [2.05, 4.69) is 25.7 Å². The standard InChI is InChI=1S/C15H20N6O2.ClH/c1-10(2)11-8-13(19-14(22)12-9-16-6-7-23-12)21(20-11)15-17-4-3-5-18-15;/h3-5,8,10,12,16H,6-7,9H2,1-2H3,(H,19,22);1H/t12-;/m1./s1. The fourth-order valence-corrected chi connectivity index (χ4v) is 2.26. The minimum atomic E-state index is -0.508. The summed E-state index contributed by atoms with van der Waals surface area (Å²) < 4.78 is 7.02. The molecule has 2 aromatic rings. The summed E-state index contributed by atoms with van der Waals surface area (Å²) in [7, 11) is 0. The van der Waals surface area contributed by atoms with Gasteiger partial charge < -0.3 is 15.4 Å². The third-order valence-electron chi connectivity index (χ3n) is 3.53. The lowest BCUT2D eigenvalue weighted by Crippen LogP contribution is -2.45. The Balaban J connectivity index is 0.00000208. The van der Waals surface area contributed by atoms with Crippen molar-refractivity contribution in [2.45, 2.75) is 25.9 Å². The molecule has 0 aromatic carbocycles. The molecule has 0 bridgehead atoms. The highest BCUT2D eigenvalue weighted by Crippen LogP contribution is 2.20. The lowest BCUT2D eigenvalue weighted by Gasteiger charge is -2.22. The van der Waals surface area contributed by atoms with Gasteiger partial charge in [0.1, 0.15) is 11.9 Å². The maximum absolute atomic E-state index is 12.4. The molecule has 1 aliphatic heterocycles. The van der Waals surface area contributed by atoms with Crippen LogP contribution in [0.5, 0.6) is 0 Å². The highest BCUT2D eigenvalue weighted by atomic mass is 35.5. The molecule has 3 rings (SSSR count). The number of hydrogen-bond acceptors (Lipinski definition) is 6. The third kappa shape index (κ3) is 4.08. The van der Waals surface area contributed by atoms with Gasteiger partial charge in [-0.25, -0.2) is 9.97 Å². The quantitative estimate of drug-likeness (QED) is 0.856. The van der Waals surface area contributed by atoms with Crippen LogP contribution in [0.4, 0.5) is 5.82 Å². The number of anilines is 1. The smallest absolute Gasteiger partial charge is 0.255 e. The van der Waals surface area contributed by atoms with E-state index in [1.165, 1.54) is 0 Å². The van der Waals surface area contributed by atoms with Gasteiger partial charge in [-0.3, -0.25) is 4.79 Å². The zero-order valence-electron chi connectivity index (χ0n) is 13.6. The third-order valence-corrected chi connectivity index (χ3v) is 3.53. The van der Waals surface area contributed by atoms with Crippen LogP contribution in [-0.2, 0) is 9.53 Å². The van der Waals surface area contributed by atoms with E-state index in [-0.39, 0.29) is 24.2 Å². The monoisotopic (exact) mass is 352 g/mol. The molecule has 130 valence electrons. The number of nitrogens with zero attached hydrogens (tertiary/aromatic N) is 4. The van der Waals surface area contributed by atoms with Gasteiger partial charge >= 0.3 is 0 Å². The lowest BCUT2D eigenvalue weighted by molar-refractivity contribution is -0.128. The molecule has 8 nitrogen and oxygen atoms in total. The van der Waals surface area contributed by atoms with Gasteiger partial charge in [0, 0.05) is 31.5 Å². The van der Waals surface area contributed by atoms with Crippen molar-refractivity contribution in [2.24, 2.45) is 0 Å². The average Bonchev–Trinajstić information content (AvgIpc) is 3.00. The fourth-order valence-electron chi connectivity index (χ4n) is 2.26. The summed E-state index contributed by atoms with van der Waals surface area (Å²) in [6.45, 7) is 5.86. The summed E-state index contributed by atoms with van der Waals surface area (Å²) in [4.78, 5) is 20.8. The van der Waals surface area contributed by atoms with E-state index < -0.39 is 6.10 Å². The van der Waals surface area contributed by atoms with Crippen LogP contribution >= 0.6 is 12.4 Å². The fraction of sp³-hybridized carbons (Fsp3) is 0.467. The largest absolute Gasteiger partial charge is 0.366 e. The van der Waals surface area contributed by atoms with Crippen LogP contribution in [0.15, 0.2) is 24.5 Å². The Kier molecular flexibility index (Phi) is 6.24. The first kappa shape index (κ1) is 18.3. The van der Waals surface area contributed by atoms with Crippen LogP contribution in [0.3, 0.4) is 0 Å². The first-order chi connectivity index (χ1) is 11.1. The molecule has 2 N–H and O–H groups in total. The number of carbonyl (C=O) groups is 1. The van der Waals surface area contributed by atoms with E-state index in [0.717, 1.165) is 12.2 Å². The number of ether oxygens (including phenoxy) is 1. The molecule has 0 saturated carbocycles. The van der Waals surface area contributed by atoms with Crippen LogP contribution in [0.1, 0.15) is 25.5 Å². The molecule has 0 spiro atoms. The first-order valence-corrected chi connectivity index (χ1v) is 7.65. The Labute approximate surface area is 146 Å². The van der Waals surface area contributed by atoms with Crippen molar-refractivity contribution < 1.29 is 9.53 Å². The van der Waals surface area contributed by atoms with E-state index in [9.17, 15) is 4.79 Å². The van der Waals surface area contributed by atoms with Crippen LogP contribution in [0, 0.1) is 0 Å². The molecular weight excluding hydrogens is 332 g/mol. The Hall–Kier alpha value is -2.03. The minimum Gasteiger partial charge on any atom is -0.366 e. The van der Waals surface area contributed by atoms with Crippen molar-refractivity contribution in [1.29, 1.82) is 0 Å². The molecule has 9 heteroatoms. The Morgan fingerprint density at radius 2 is 2.17 bits per heavy atom. The number of nitrogens with one attached hydrogen (secondary N) is 2. The van der Waals surface area contributed by atoms with Gasteiger partial charge in [0.2, 0.25) is 0 Å². The molecule has 1 amide bonds. The van der Waals surface area contributed by atoms with Crippen molar-refractivity contribution in [3.63, 3.8) is 0 Å². The lowest BCUT2D eigenvalue weighted by atomic mass is 10.1. The van der Waals surface area contributed by atoms with Gasteiger partial charge in [0.15, 0.2) is 0 Å². The van der Waals surface area contributed by atoms with Crippen LogP contribution in [-0.4, -0.2) is 51.5 Å². The molecule has 0 radical (unpaired) electrons. The zero-order chi connectivity index (χ0) is 16.2. The molecule has 3 heterocycles. The van der Waals surface area contributed by atoms with E-state index in [4.69, 9.17) is 4.74 Å². The zero-order valence-corrected chi connectivity index (χ0v) is 14.4. The van der Waals surface area contributed by atoms with Gasteiger partial charge in [-0.2, -0.15) is 9.78 Å². The molecule has 1 fully saturated rings. The minimum absolute atomic E-state index is 0. The van der Waals surface area contributed by atoms with Gasteiger partial charge in [0.25, 0.3) is 11.9 Å². The maximum Gasteiger partial charge on any atom is 0.255 e. The predicted octanol–water partition coefficient (Wildman–Crippen LogP) is 1.13. The summed E-state index contributed by atoms with van der Waals surface area (Å²) in [5.74, 6) is 0.976. The number of hydrogen-bond donors (Lipinski definition) is 2. The van der Waals surface area contributed by atoms with Crippen molar-refractivity contribution in [2.75, 3.05) is 25.0 Å². The average molecular weight is 353 g/mol. The number of aromatic nitrogens is 4. The topological polar surface area (TPSA) is 94.0 Å². The van der Waals surface area contributed by atoms with Crippen molar-refractivity contribution in [3.05, 3.63) is 30.2 Å². The number of morpholine rings is 1.